The Morgan fingerprint density at radius 2 is 1.67 bits per heavy atom. The quantitative estimate of drug-likeness (QED) is 0.420. The van der Waals surface area contributed by atoms with Crippen LogP contribution >= 0.6 is 11.6 Å². The smallest absolute Gasteiger partial charge is 0.258 e. The van der Waals surface area contributed by atoms with Crippen LogP contribution in [0.4, 0.5) is 5.69 Å². The molecule has 3 aliphatic rings. The summed E-state index contributed by atoms with van der Waals surface area (Å²) in [7, 11) is 2.23. The van der Waals surface area contributed by atoms with Crippen molar-refractivity contribution >= 4 is 23.2 Å². The highest BCUT2D eigenvalue weighted by molar-refractivity contribution is 6.32. The topological polar surface area (TPSA) is 32.8 Å². The van der Waals surface area contributed by atoms with Gasteiger partial charge in [0.1, 0.15) is 11.9 Å². The third kappa shape index (κ3) is 4.50. The first-order chi connectivity index (χ1) is 17.5. The number of hydrogen-bond acceptors (Lipinski definition) is 3. The first-order valence-corrected chi connectivity index (χ1v) is 13.1. The molecule has 0 unspecified atom stereocenters. The van der Waals surface area contributed by atoms with Crippen molar-refractivity contribution in [3.05, 3.63) is 94.0 Å². The number of hydrogen-bond donors (Lipinski definition) is 0. The fraction of sp³-hybridized carbons (Fsp3) is 0.323. The van der Waals surface area contributed by atoms with Crippen molar-refractivity contribution in [1.82, 2.24) is 4.90 Å². The first kappa shape index (κ1) is 23.2. The summed E-state index contributed by atoms with van der Waals surface area (Å²) in [6.07, 6.45) is 5.58. The Kier molecular flexibility index (Phi) is 6.21. The van der Waals surface area contributed by atoms with Gasteiger partial charge < -0.3 is 14.5 Å². The molecule has 0 N–H and O–H groups in total. The number of carbonyl (C=O) groups excluding carboxylic acids is 1. The molecular formula is C31H29ClN2O2. The molecule has 2 fully saturated rings. The zero-order chi connectivity index (χ0) is 24.6. The Balaban J connectivity index is 1.16. The zero-order valence-electron chi connectivity index (χ0n) is 20.4. The summed E-state index contributed by atoms with van der Waals surface area (Å²) in [5.74, 6) is 7.11. The van der Waals surface area contributed by atoms with E-state index in [4.69, 9.17) is 16.3 Å². The Bertz CT molecular complexity index is 1350. The Hall–Kier alpha value is -3.26. The molecule has 0 aromatic heterocycles. The highest BCUT2D eigenvalue weighted by Crippen LogP contribution is 2.38. The molecule has 3 heterocycles. The molecule has 36 heavy (non-hydrogen) atoms. The van der Waals surface area contributed by atoms with Gasteiger partial charge in [0.25, 0.3) is 5.91 Å². The van der Waals surface area contributed by atoms with Gasteiger partial charge in [-0.3, -0.25) is 4.79 Å². The van der Waals surface area contributed by atoms with Gasteiger partial charge in [-0.25, -0.2) is 0 Å². The van der Waals surface area contributed by atoms with Gasteiger partial charge in [0.2, 0.25) is 0 Å². The second-order valence-electron chi connectivity index (χ2n) is 10.1. The normalized spacial score (nSPS) is 23.1. The molecular weight excluding hydrogens is 468 g/mol. The molecule has 0 aliphatic carbocycles. The van der Waals surface area contributed by atoms with Gasteiger partial charge in [-0.15, -0.1) is 0 Å². The average Bonchev–Trinajstić information content (AvgIpc) is 3.09. The second kappa shape index (κ2) is 9.65. The van der Waals surface area contributed by atoms with Crippen LogP contribution in [0.3, 0.4) is 0 Å². The second-order valence-corrected chi connectivity index (χ2v) is 10.5. The number of anilines is 1. The Labute approximate surface area is 217 Å². The molecule has 0 saturated carbocycles. The number of rotatable bonds is 3. The van der Waals surface area contributed by atoms with Crippen LogP contribution in [0.15, 0.2) is 66.7 Å². The lowest BCUT2D eigenvalue weighted by atomic mass is 9.96. The summed E-state index contributed by atoms with van der Waals surface area (Å²) in [6, 6.07) is 22.7. The molecule has 2 saturated heterocycles. The summed E-state index contributed by atoms with van der Waals surface area (Å²) in [4.78, 5) is 17.7. The molecule has 4 nitrogen and oxygen atoms in total. The van der Waals surface area contributed by atoms with E-state index in [9.17, 15) is 4.79 Å². The van der Waals surface area contributed by atoms with E-state index in [-0.39, 0.29) is 12.0 Å². The fourth-order valence-electron chi connectivity index (χ4n) is 5.87. The van der Waals surface area contributed by atoms with Gasteiger partial charge in [-0.05, 0) is 93.2 Å². The number of halogens is 1. The molecule has 0 radical (unpaired) electrons. The van der Waals surface area contributed by atoms with Crippen LogP contribution < -0.4 is 9.64 Å². The molecule has 1 amide bonds. The minimum atomic E-state index is -0.00422. The summed E-state index contributed by atoms with van der Waals surface area (Å²) in [5.41, 5.74) is 4.47. The van der Waals surface area contributed by atoms with Crippen LogP contribution in [0.1, 0.15) is 52.7 Å². The van der Waals surface area contributed by atoms with Crippen LogP contribution in [-0.2, 0) is 6.42 Å². The van der Waals surface area contributed by atoms with Gasteiger partial charge in [0.15, 0.2) is 0 Å². The van der Waals surface area contributed by atoms with Gasteiger partial charge >= 0.3 is 0 Å². The molecule has 2 bridgehead atoms. The number of piperidine rings is 1. The van der Waals surface area contributed by atoms with Gasteiger partial charge in [0, 0.05) is 41.0 Å². The largest absolute Gasteiger partial charge is 0.489 e. The van der Waals surface area contributed by atoms with Crippen molar-refractivity contribution in [1.29, 1.82) is 0 Å². The van der Waals surface area contributed by atoms with Gasteiger partial charge in [0.05, 0.1) is 5.02 Å². The van der Waals surface area contributed by atoms with E-state index in [0.717, 1.165) is 47.2 Å². The lowest BCUT2D eigenvalue weighted by Gasteiger charge is -2.36. The van der Waals surface area contributed by atoms with Crippen molar-refractivity contribution in [3.8, 4) is 17.6 Å². The van der Waals surface area contributed by atoms with E-state index in [1.165, 1.54) is 12.8 Å². The predicted octanol–water partition coefficient (Wildman–Crippen LogP) is 5.95. The standard InChI is InChI=1S/C31H29ClN2O2/c1-33-24-10-11-25(33)19-27(18-24)36-30-14-12-26(20-29(30)32)34-16-15-23-17-22(9-13-28(23)31(34)35)8-7-21-5-3-2-4-6-21/h2-6,9,12-14,17,20,24-25,27H,10-11,15-16,18-19H2,1H3/t24-,25+,27+. The number of nitrogens with zero attached hydrogens (tertiary/aromatic N) is 2. The highest BCUT2D eigenvalue weighted by Gasteiger charge is 2.39. The summed E-state index contributed by atoms with van der Waals surface area (Å²) in [5, 5.41) is 0.559. The van der Waals surface area contributed by atoms with Crippen molar-refractivity contribution in [2.45, 2.75) is 50.3 Å². The molecule has 5 heteroatoms. The number of ether oxygens (including phenoxy) is 1. The van der Waals surface area contributed by atoms with Crippen molar-refractivity contribution in [2.24, 2.45) is 0 Å². The van der Waals surface area contributed by atoms with E-state index in [1.807, 2.05) is 71.6 Å². The van der Waals surface area contributed by atoms with Crippen LogP contribution in [0.5, 0.6) is 5.75 Å². The zero-order valence-corrected chi connectivity index (χ0v) is 21.2. The first-order valence-electron chi connectivity index (χ1n) is 12.7. The van der Waals surface area contributed by atoms with Crippen LogP contribution in [0.2, 0.25) is 5.02 Å². The fourth-order valence-corrected chi connectivity index (χ4v) is 6.09. The summed E-state index contributed by atoms with van der Waals surface area (Å²) >= 11 is 6.65. The molecule has 0 spiro atoms. The molecule has 3 aromatic carbocycles. The monoisotopic (exact) mass is 496 g/mol. The van der Waals surface area contributed by atoms with Crippen LogP contribution in [0.25, 0.3) is 0 Å². The summed E-state index contributed by atoms with van der Waals surface area (Å²) in [6.45, 7) is 0.607. The van der Waals surface area contributed by atoms with Gasteiger partial charge in [-0.2, -0.15) is 0 Å². The van der Waals surface area contributed by atoms with Crippen molar-refractivity contribution in [3.63, 3.8) is 0 Å². The van der Waals surface area contributed by atoms with E-state index in [0.29, 0.717) is 29.4 Å². The molecule has 6 rings (SSSR count). The van der Waals surface area contributed by atoms with Crippen LogP contribution in [0, 0.1) is 11.8 Å². The SMILES string of the molecule is CN1[C@@H]2CC[C@H]1C[C@@H](Oc1ccc(N3CCc4cc(C#Cc5ccccc5)ccc4C3=O)cc1Cl)C2. The molecule has 3 aromatic rings. The minimum absolute atomic E-state index is 0.00422. The maximum atomic E-state index is 13.3. The third-order valence-corrected chi connectivity index (χ3v) is 8.18. The Morgan fingerprint density at radius 1 is 0.917 bits per heavy atom. The van der Waals surface area contributed by atoms with Crippen molar-refractivity contribution < 1.29 is 9.53 Å². The van der Waals surface area contributed by atoms with Crippen LogP contribution in [-0.4, -0.2) is 42.6 Å². The third-order valence-electron chi connectivity index (χ3n) is 7.89. The van der Waals surface area contributed by atoms with E-state index >= 15 is 0 Å². The van der Waals surface area contributed by atoms with E-state index in [1.54, 1.807) is 0 Å². The number of fused-ring (bicyclic) bond motifs is 3. The van der Waals surface area contributed by atoms with E-state index < -0.39 is 0 Å². The molecule has 3 atom stereocenters. The summed E-state index contributed by atoms with van der Waals surface area (Å²) < 4.78 is 6.33. The maximum Gasteiger partial charge on any atom is 0.258 e. The highest BCUT2D eigenvalue weighted by atomic mass is 35.5. The number of benzene rings is 3. The van der Waals surface area contributed by atoms with Crippen molar-refractivity contribution in [2.75, 3.05) is 18.5 Å². The lowest BCUT2D eigenvalue weighted by Crippen LogP contribution is -2.43. The Morgan fingerprint density at radius 3 is 2.42 bits per heavy atom. The molecule has 3 aliphatic heterocycles. The number of carbonyl (C=O) groups is 1. The van der Waals surface area contributed by atoms with E-state index in [2.05, 4.69) is 23.8 Å². The van der Waals surface area contributed by atoms with Gasteiger partial charge in [-0.1, -0.05) is 41.6 Å². The lowest BCUT2D eigenvalue weighted by molar-refractivity contribution is 0.0662. The average molecular weight is 497 g/mol. The number of amides is 1. The maximum absolute atomic E-state index is 13.3. The predicted molar refractivity (Wildman–Crippen MR) is 144 cm³/mol. The molecule has 182 valence electrons. The minimum Gasteiger partial charge on any atom is -0.489 e.